The average molecular weight is 263 g/mol. The SMILES string of the molecule is C#C[C@]1(OCC)C[C@@H](n2ccc(N)nc2=O)C=C1F. The van der Waals surface area contributed by atoms with Crippen LogP contribution in [0.3, 0.4) is 0 Å². The van der Waals surface area contributed by atoms with Gasteiger partial charge in [-0.05, 0) is 19.1 Å². The first-order valence-electron chi connectivity index (χ1n) is 5.86. The van der Waals surface area contributed by atoms with E-state index in [1.54, 1.807) is 6.92 Å². The maximum absolute atomic E-state index is 14.0. The summed E-state index contributed by atoms with van der Waals surface area (Å²) >= 11 is 0. The number of rotatable bonds is 3. The van der Waals surface area contributed by atoms with E-state index in [-0.39, 0.29) is 18.8 Å². The van der Waals surface area contributed by atoms with Crippen LogP contribution in [0.4, 0.5) is 10.2 Å². The molecule has 1 aliphatic rings. The molecule has 1 heterocycles. The van der Waals surface area contributed by atoms with Gasteiger partial charge in [0.15, 0.2) is 5.60 Å². The van der Waals surface area contributed by atoms with Crippen LogP contribution in [0.2, 0.25) is 0 Å². The van der Waals surface area contributed by atoms with E-state index in [9.17, 15) is 9.18 Å². The van der Waals surface area contributed by atoms with Crippen LogP contribution in [0.1, 0.15) is 19.4 Å². The molecule has 0 spiro atoms. The first-order valence-corrected chi connectivity index (χ1v) is 5.86. The molecule has 19 heavy (non-hydrogen) atoms. The van der Waals surface area contributed by atoms with Gasteiger partial charge in [-0.2, -0.15) is 4.98 Å². The molecule has 0 aromatic carbocycles. The number of aromatic nitrogens is 2. The molecule has 2 atom stereocenters. The number of allylic oxidation sites excluding steroid dienone is 1. The molecule has 0 radical (unpaired) electrons. The second-order valence-corrected chi connectivity index (χ2v) is 4.23. The molecule has 0 fully saturated rings. The monoisotopic (exact) mass is 263 g/mol. The van der Waals surface area contributed by atoms with Crippen LogP contribution in [-0.4, -0.2) is 21.8 Å². The van der Waals surface area contributed by atoms with Crippen LogP contribution in [0.15, 0.2) is 29.0 Å². The zero-order chi connectivity index (χ0) is 14.0. The second kappa shape index (κ2) is 4.86. The summed E-state index contributed by atoms with van der Waals surface area (Å²) in [5.74, 6) is 1.90. The quantitative estimate of drug-likeness (QED) is 0.827. The number of hydrogen-bond acceptors (Lipinski definition) is 4. The van der Waals surface area contributed by atoms with Crippen LogP contribution in [0, 0.1) is 12.3 Å². The minimum Gasteiger partial charge on any atom is -0.383 e. The molecule has 0 saturated carbocycles. The largest absolute Gasteiger partial charge is 0.383 e. The van der Waals surface area contributed by atoms with Gasteiger partial charge in [-0.15, -0.1) is 6.42 Å². The number of ether oxygens (including phenoxy) is 1. The number of nitrogens with two attached hydrogens (primary N) is 1. The first kappa shape index (κ1) is 13.3. The summed E-state index contributed by atoms with van der Waals surface area (Å²) in [6.45, 7) is 2.02. The third-order valence-electron chi connectivity index (χ3n) is 3.05. The summed E-state index contributed by atoms with van der Waals surface area (Å²) < 4.78 is 20.6. The fraction of sp³-hybridized carbons (Fsp3) is 0.385. The lowest BCUT2D eigenvalue weighted by Gasteiger charge is -2.23. The highest BCUT2D eigenvalue weighted by atomic mass is 19.1. The average Bonchev–Trinajstić information content (AvgIpc) is 2.67. The molecule has 0 amide bonds. The Morgan fingerprint density at radius 3 is 3.11 bits per heavy atom. The van der Waals surface area contributed by atoms with Gasteiger partial charge in [0.05, 0.1) is 6.04 Å². The second-order valence-electron chi connectivity index (χ2n) is 4.23. The molecule has 1 aromatic heterocycles. The Labute approximate surface area is 109 Å². The van der Waals surface area contributed by atoms with Crippen molar-refractivity contribution in [3.05, 3.63) is 34.7 Å². The van der Waals surface area contributed by atoms with E-state index in [0.717, 1.165) is 0 Å². The lowest BCUT2D eigenvalue weighted by molar-refractivity contribution is 0.0166. The molecule has 1 aromatic rings. The van der Waals surface area contributed by atoms with Crippen LogP contribution >= 0.6 is 0 Å². The van der Waals surface area contributed by atoms with Crippen molar-refractivity contribution >= 4 is 5.82 Å². The van der Waals surface area contributed by atoms with Gasteiger partial charge in [-0.1, -0.05) is 5.92 Å². The molecule has 2 N–H and O–H groups in total. The molecular weight excluding hydrogens is 249 g/mol. The Kier molecular flexibility index (Phi) is 3.40. The summed E-state index contributed by atoms with van der Waals surface area (Å²) in [5.41, 5.74) is 3.48. The summed E-state index contributed by atoms with van der Waals surface area (Å²) in [4.78, 5) is 15.3. The van der Waals surface area contributed by atoms with Crippen LogP contribution in [-0.2, 0) is 4.74 Å². The number of nitrogen functional groups attached to an aromatic ring is 1. The first-order chi connectivity index (χ1) is 9.02. The van der Waals surface area contributed by atoms with Crippen LogP contribution in [0.5, 0.6) is 0 Å². The van der Waals surface area contributed by atoms with Gasteiger partial charge < -0.3 is 10.5 Å². The Hall–Kier alpha value is -2.13. The highest BCUT2D eigenvalue weighted by Gasteiger charge is 2.42. The van der Waals surface area contributed by atoms with Gasteiger partial charge in [0.25, 0.3) is 0 Å². The van der Waals surface area contributed by atoms with Crippen molar-refractivity contribution in [3.63, 3.8) is 0 Å². The smallest absolute Gasteiger partial charge is 0.350 e. The number of hydrogen-bond donors (Lipinski definition) is 1. The fourth-order valence-corrected chi connectivity index (χ4v) is 2.16. The zero-order valence-corrected chi connectivity index (χ0v) is 10.5. The third-order valence-corrected chi connectivity index (χ3v) is 3.05. The molecule has 2 rings (SSSR count). The van der Waals surface area contributed by atoms with Gasteiger partial charge in [0.1, 0.15) is 11.6 Å². The van der Waals surface area contributed by atoms with Gasteiger partial charge in [0, 0.05) is 19.2 Å². The Balaban J connectivity index is 2.36. The molecule has 1 aliphatic carbocycles. The Morgan fingerprint density at radius 2 is 2.53 bits per heavy atom. The maximum Gasteiger partial charge on any atom is 0.350 e. The van der Waals surface area contributed by atoms with Crippen molar-refractivity contribution in [1.82, 2.24) is 9.55 Å². The van der Waals surface area contributed by atoms with Gasteiger partial charge >= 0.3 is 5.69 Å². The Morgan fingerprint density at radius 1 is 1.79 bits per heavy atom. The van der Waals surface area contributed by atoms with Crippen LogP contribution < -0.4 is 11.4 Å². The molecule has 100 valence electrons. The topological polar surface area (TPSA) is 70.1 Å². The number of nitrogens with zero attached hydrogens (tertiary/aromatic N) is 2. The molecule has 0 unspecified atom stereocenters. The van der Waals surface area contributed by atoms with Crippen molar-refractivity contribution in [1.29, 1.82) is 0 Å². The van der Waals surface area contributed by atoms with E-state index in [0.29, 0.717) is 0 Å². The van der Waals surface area contributed by atoms with Crippen LogP contribution in [0.25, 0.3) is 0 Å². The van der Waals surface area contributed by atoms with Gasteiger partial charge in [0.2, 0.25) is 0 Å². The summed E-state index contributed by atoms with van der Waals surface area (Å²) in [6.07, 6.45) is 8.29. The van der Waals surface area contributed by atoms with E-state index in [2.05, 4.69) is 10.9 Å². The van der Waals surface area contributed by atoms with E-state index in [1.165, 1.54) is 22.9 Å². The number of anilines is 1. The predicted octanol–water partition coefficient (Wildman–Crippen LogP) is 1.03. The normalized spacial score (nSPS) is 25.9. The molecule has 5 nitrogen and oxygen atoms in total. The van der Waals surface area contributed by atoms with Crippen molar-refractivity contribution in [2.45, 2.75) is 25.0 Å². The van der Waals surface area contributed by atoms with Gasteiger partial charge in [-0.25, -0.2) is 9.18 Å². The molecule has 6 heteroatoms. The molecule has 0 aliphatic heterocycles. The summed E-state index contributed by atoms with van der Waals surface area (Å²) in [6, 6.07) is 0.951. The number of halogens is 1. The van der Waals surface area contributed by atoms with E-state index < -0.39 is 23.2 Å². The van der Waals surface area contributed by atoms with Gasteiger partial charge in [-0.3, -0.25) is 4.57 Å². The van der Waals surface area contributed by atoms with Crippen molar-refractivity contribution < 1.29 is 9.13 Å². The summed E-state index contributed by atoms with van der Waals surface area (Å²) in [7, 11) is 0. The van der Waals surface area contributed by atoms with E-state index >= 15 is 0 Å². The fourth-order valence-electron chi connectivity index (χ4n) is 2.16. The molecular formula is C13H14FN3O2. The third kappa shape index (κ3) is 2.25. The van der Waals surface area contributed by atoms with Crippen molar-refractivity contribution in [2.75, 3.05) is 12.3 Å². The highest BCUT2D eigenvalue weighted by Crippen LogP contribution is 2.39. The molecule has 0 saturated heterocycles. The minimum absolute atomic E-state index is 0.122. The van der Waals surface area contributed by atoms with E-state index in [4.69, 9.17) is 16.9 Å². The molecule has 0 bridgehead atoms. The predicted molar refractivity (Wildman–Crippen MR) is 68.9 cm³/mol. The van der Waals surface area contributed by atoms with Crippen molar-refractivity contribution in [2.24, 2.45) is 0 Å². The zero-order valence-electron chi connectivity index (χ0n) is 10.5. The van der Waals surface area contributed by atoms with Crippen molar-refractivity contribution in [3.8, 4) is 12.3 Å². The minimum atomic E-state index is -1.39. The number of terminal acetylenes is 1. The lowest BCUT2D eigenvalue weighted by atomic mass is 10.0. The highest BCUT2D eigenvalue weighted by molar-refractivity contribution is 5.33. The standard InChI is InChI=1S/C13H14FN3O2/c1-3-13(19-4-2)8-9(7-10(13)14)17-6-5-11(15)16-12(17)18/h1,5-7,9H,4,8H2,2H3,(H2,15,16,18)/t9-,13-/m0/s1. The lowest BCUT2D eigenvalue weighted by Crippen LogP contribution is -2.32. The maximum atomic E-state index is 14.0. The Bertz CT molecular complexity index is 617. The summed E-state index contributed by atoms with van der Waals surface area (Å²) in [5, 5.41) is 0. The van der Waals surface area contributed by atoms with E-state index in [1.807, 2.05) is 0 Å².